The molecule has 0 fully saturated rings. The Kier molecular flexibility index (Phi) is 3.38. The lowest BCUT2D eigenvalue weighted by molar-refractivity contribution is -0.137. The van der Waals surface area contributed by atoms with Gasteiger partial charge >= 0.3 is 6.18 Å². The molecule has 0 aliphatic rings. The monoisotopic (exact) mass is 342 g/mol. The number of hydrogen-bond donors (Lipinski definition) is 1. The smallest absolute Gasteiger partial charge is 0.341 e. The first-order valence-corrected chi connectivity index (χ1v) is 7.61. The molecular weight excluding hydrogens is 329 g/mol. The Morgan fingerprint density at radius 2 is 1.76 bits per heavy atom. The van der Waals surface area contributed by atoms with Crippen molar-refractivity contribution in [2.24, 2.45) is 0 Å². The molecule has 1 N–H and O–H groups in total. The molecule has 2 aromatic heterocycles. The minimum absolute atomic E-state index is 0.347. The van der Waals surface area contributed by atoms with Crippen LogP contribution in [0.25, 0.3) is 16.8 Å². The number of hydrogen-bond acceptors (Lipinski definition) is 3. The molecule has 0 amide bonds. The van der Waals surface area contributed by atoms with Crippen molar-refractivity contribution >= 4 is 28.3 Å². The maximum Gasteiger partial charge on any atom is 0.416 e. The third-order valence-corrected chi connectivity index (χ3v) is 3.87. The highest BCUT2D eigenvalue weighted by molar-refractivity contribution is 5.82. The lowest BCUT2D eigenvalue weighted by Gasteiger charge is -2.13. The van der Waals surface area contributed by atoms with Crippen LogP contribution in [0.2, 0.25) is 0 Å². The second kappa shape index (κ2) is 5.47. The van der Waals surface area contributed by atoms with Crippen LogP contribution >= 0.6 is 0 Å². The number of alkyl halides is 3. The number of nitrogens with zero attached hydrogens (tertiary/aromatic N) is 3. The number of halogens is 3. The first kappa shape index (κ1) is 15.4. The molecule has 4 nitrogen and oxygen atoms in total. The second-order valence-electron chi connectivity index (χ2n) is 5.72. The van der Waals surface area contributed by atoms with Crippen molar-refractivity contribution in [2.75, 3.05) is 5.32 Å². The summed E-state index contributed by atoms with van der Waals surface area (Å²) in [4.78, 5) is 8.87. The van der Waals surface area contributed by atoms with Crippen molar-refractivity contribution in [3.63, 3.8) is 0 Å². The highest BCUT2D eigenvalue weighted by Crippen LogP contribution is 2.32. The van der Waals surface area contributed by atoms with E-state index in [1.54, 1.807) is 16.5 Å². The summed E-state index contributed by atoms with van der Waals surface area (Å²) in [6, 6.07) is 14.4. The quantitative estimate of drug-likeness (QED) is 0.560. The third-order valence-electron chi connectivity index (χ3n) is 3.87. The minimum Gasteiger partial charge on any atom is -0.341 e. The van der Waals surface area contributed by atoms with E-state index in [1.807, 2.05) is 31.2 Å². The van der Waals surface area contributed by atoms with Crippen LogP contribution in [-0.2, 0) is 6.18 Å². The molecule has 0 unspecified atom stereocenters. The van der Waals surface area contributed by atoms with Crippen LogP contribution in [0.15, 0.2) is 54.6 Å². The summed E-state index contributed by atoms with van der Waals surface area (Å²) in [5, 5.41) is 3.06. The summed E-state index contributed by atoms with van der Waals surface area (Å²) in [5.41, 5.74) is 1.97. The van der Waals surface area contributed by atoms with E-state index in [1.165, 1.54) is 6.07 Å². The van der Waals surface area contributed by atoms with Gasteiger partial charge in [-0.1, -0.05) is 18.2 Å². The zero-order valence-electron chi connectivity index (χ0n) is 13.2. The molecule has 2 aromatic carbocycles. The zero-order chi connectivity index (χ0) is 17.6. The summed E-state index contributed by atoms with van der Waals surface area (Å²) in [5.74, 6) is 1.10. The van der Waals surface area contributed by atoms with Gasteiger partial charge in [-0.25, -0.2) is 9.97 Å². The number of benzene rings is 2. The Balaban J connectivity index is 1.87. The standard InChI is InChI=1S/C18H13F3N4/c1-11-9-16(23-13-6-4-5-12(10-13)18(19,20)21)25-15-8-3-2-7-14(15)24-17(25)22-11/h2-10,23H,1H3. The van der Waals surface area contributed by atoms with Gasteiger partial charge in [0.2, 0.25) is 5.78 Å². The average molecular weight is 342 g/mol. The number of aromatic nitrogens is 3. The number of aryl methyl sites for hydroxylation is 1. The van der Waals surface area contributed by atoms with E-state index in [0.717, 1.165) is 28.9 Å². The van der Waals surface area contributed by atoms with E-state index in [9.17, 15) is 13.2 Å². The molecule has 0 saturated heterocycles. The van der Waals surface area contributed by atoms with Crippen molar-refractivity contribution in [3.05, 3.63) is 65.9 Å². The Morgan fingerprint density at radius 3 is 2.56 bits per heavy atom. The van der Waals surface area contributed by atoms with Gasteiger partial charge in [0.05, 0.1) is 16.6 Å². The Labute approximate surface area is 141 Å². The first-order chi connectivity index (χ1) is 11.9. The van der Waals surface area contributed by atoms with Gasteiger partial charge in [0.25, 0.3) is 0 Å². The van der Waals surface area contributed by atoms with Crippen molar-refractivity contribution in [1.82, 2.24) is 14.4 Å². The summed E-state index contributed by atoms with van der Waals surface area (Å²) >= 11 is 0. The van der Waals surface area contributed by atoms with Crippen LogP contribution in [0.3, 0.4) is 0 Å². The van der Waals surface area contributed by atoms with Crippen LogP contribution in [0.4, 0.5) is 24.7 Å². The molecule has 0 aliphatic carbocycles. The van der Waals surface area contributed by atoms with Crippen molar-refractivity contribution in [3.8, 4) is 0 Å². The molecule has 25 heavy (non-hydrogen) atoms. The van der Waals surface area contributed by atoms with Crippen LogP contribution in [0, 0.1) is 6.92 Å². The predicted molar refractivity (Wildman–Crippen MR) is 90.0 cm³/mol. The molecule has 0 bridgehead atoms. The normalized spacial score (nSPS) is 12.0. The molecule has 0 spiro atoms. The number of fused-ring (bicyclic) bond motifs is 3. The van der Waals surface area contributed by atoms with Gasteiger partial charge in [-0.2, -0.15) is 13.2 Å². The van der Waals surface area contributed by atoms with Gasteiger partial charge in [-0.05, 0) is 37.3 Å². The Bertz CT molecular complexity index is 1080. The Hall–Kier alpha value is -3.09. The zero-order valence-corrected chi connectivity index (χ0v) is 13.2. The molecule has 2 heterocycles. The highest BCUT2D eigenvalue weighted by atomic mass is 19.4. The van der Waals surface area contributed by atoms with Crippen LogP contribution in [0.5, 0.6) is 0 Å². The van der Waals surface area contributed by atoms with Gasteiger partial charge in [0.15, 0.2) is 0 Å². The van der Waals surface area contributed by atoms with Crippen LogP contribution in [0.1, 0.15) is 11.3 Å². The molecule has 0 radical (unpaired) electrons. The maximum atomic E-state index is 12.9. The molecule has 126 valence electrons. The maximum absolute atomic E-state index is 12.9. The Morgan fingerprint density at radius 1 is 0.960 bits per heavy atom. The molecule has 7 heteroatoms. The van der Waals surface area contributed by atoms with Gasteiger partial charge in [0.1, 0.15) is 5.82 Å². The van der Waals surface area contributed by atoms with Gasteiger partial charge < -0.3 is 5.32 Å². The van der Waals surface area contributed by atoms with Gasteiger partial charge in [-0.15, -0.1) is 0 Å². The summed E-state index contributed by atoms with van der Waals surface area (Å²) in [7, 11) is 0. The van der Waals surface area contributed by atoms with Crippen molar-refractivity contribution < 1.29 is 13.2 Å². The fourth-order valence-corrected chi connectivity index (χ4v) is 2.79. The largest absolute Gasteiger partial charge is 0.416 e. The van der Waals surface area contributed by atoms with E-state index in [0.29, 0.717) is 17.3 Å². The highest BCUT2D eigenvalue weighted by Gasteiger charge is 2.30. The number of imidazole rings is 1. The lowest BCUT2D eigenvalue weighted by Crippen LogP contribution is -2.06. The van der Waals surface area contributed by atoms with Crippen molar-refractivity contribution in [1.29, 1.82) is 0 Å². The van der Waals surface area contributed by atoms with E-state index in [4.69, 9.17) is 0 Å². The number of para-hydroxylation sites is 2. The predicted octanol–water partition coefficient (Wildman–Crippen LogP) is 4.95. The number of rotatable bonds is 2. The molecule has 0 aliphatic heterocycles. The fourth-order valence-electron chi connectivity index (χ4n) is 2.79. The average Bonchev–Trinajstić information content (AvgIpc) is 2.92. The fraction of sp³-hybridized carbons (Fsp3) is 0.111. The van der Waals surface area contributed by atoms with E-state index in [-0.39, 0.29) is 0 Å². The van der Waals surface area contributed by atoms with Crippen LogP contribution in [-0.4, -0.2) is 14.4 Å². The number of nitrogens with one attached hydrogen (secondary N) is 1. The first-order valence-electron chi connectivity index (χ1n) is 7.61. The molecule has 4 aromatic rings. The summed E-state index contributed by atoms with van der Waals surface area (Å²) < 4.78 is 40.6. The lowest BCUT2D eigenvalue weighted by atomic mass is 10.2. The minimum atomic E-state index is -4.39. The number of anilines is 2. The molecule has 0 saturated carbocycles. The summed E-state index contributed by atoms with van der Waals surface area (Å²) in [6.45, 7) is 1.82. The SMILES string of the molecule is Cc1cc(Nc2cccc(C(F)(F)F)c2)n2c(n1)nc1ccccc12. The molecule has 4 rings (SSSR count). The molecular formula is C18H13F3N4. The van der Waals surface area contributed by atoms with E-state index < -0.39 is 11.7 Å². The summed E-state index contributed by atoms with van der Waals surface area (Å²) in [6.07, 6.45) is -4.39. The molecule has 0 atom stereocenters. The van der Waals surface area contributed by atoms with Gasteiger partial charge in [0, 0.05) is 17.4 Å². The van der Waals surface area contributed by atoms with Crippen molar-refractivity contribution in [2.45, 2.75) is 13.1 Å². The second-order valence-corrected chi connectivity index (χ2v) is 5.72. The van der Waals surface area contributed by atoms with E-state index >= 15 is 0 Å². The van der Waals surface area contributed by atoms with E-state index in [2.05, 4.69) is 15.3 Å². The van der Waals surface area contributed by atoms with Gasteiger partial charge in [-0.3, -0.25) is 4.40 Å². The third kappa shape index (κ3) is 2.77. The van der Waals surface area contributed by atoms with Crippen LogP contribution < -0.4 is 5.32 Å². The topological polar surface area (TPSA) is 42.2 Å².